The summed E-state index contributed by atoms with van der Waals surface area (Å²) in [5.74, 6) is 3.60. The maximum Gasteiger partial charge on any atom is 0.271 e. The Morgan fingerprint density at radius 1 is 1.03 bits per heavy atom. The van der Waals surface area contributed by atoms with Crippen LogP contribution in [0.1, 0.15) is 92.4 Å². The third-order valence-corrected chi connectivity index (χ3v) is 5.54. The van der Waals surface area contributed by atoms with Gasteiger partial charge in [0.25, 0.3) is 5.92 Å². The molecule has 0 N–H and O–H groups in total. The van der Waals surface area contributed by atoms with E-state index in [1.54, 1.807) is 36.4 Å². The maximum atomic E-state index is 14.3. The number of ketones is 1. The predicted molar refractivity (Wildman–Crippen MR) is 120 cm³/mol. The molecule has 0 radical (unpaired) electrons. The number of carbonyl (C=O) groups excluding carboxylic acids is 1. The third-order valence-electron chi connectivity index (χ3n) is 5.54. The molecule has 0 aliphatic rings. The molecule has 30 heavy (non-hydrogen) atoms. The number of hydrogen-bond acceptors (Lipinski definition) is 1. The van der Waals surface area contributed by atoms with E-state index in [0.29, 0.717) is 16.7 Å². The van der Waals surface area contributed by atoms with Crippen molar-refractivity contribution in [2.24, 2.45) is 5.92 Å². The molecule has 2 aromatic rings. The number of halogens is 2. The van der Waals surface area contributed by atoms with Crippen molar-refractivity contribution >= 4 is 5.78 Å². The smallest absolute Gasteiger partial charge is 0.271 e. The summed E-state index contributed by atoms with van der Waals surface area (Å²) < 4.78 is 28.5. The van der Waals surface area contributed by atoms with E-state index in [-0.39, 0.29) is 11.3 Å². The van der Waals surface area contributed by atoms with E-state index in [2.05, 4.69) is 25.7 Å². The third kappa shape index (κ3) is 7.10. The second kappa shape index (κ2) is 11.1. The highest BCUT2D eigenvalue weighted by Crippen LogP contribution is 2.31. The Balaban J connectivity index is 2.18. The zero-order valence-electron chi connectivity index (χ0n) is 18.5. The summed E-state index contributed by atoms with van der Waals surface area (Å²) in [5, 5.41) is 0. The predicted octanol–water partition coefficient (Wildman–Crippen LogP) is 7.55. The van der Waals surface area contributed by atoms with Crippen molar-refractivity contribution in [3.63, 3.8) is 0 Å². The molecule has 0 saturated heterocycles. The first-order chi connectivity index (χ1) is 14.2. The molecule has 1 nitrogen and oxygen atoms in total. The van der Waals surface area contributed by atoms with Crippen molar-refractivity contribution in [1.82, 2.24) is 0 Å². The Hall–Kier alpha value is -2.47. The second-order valence-corrected chi connectivity index (χ2v) is 8.11. The number of hydrogen-bond donors (Lipinski definition) is 0. The van der Waals surface area contributed by atoms with Crippen LogP contribution in [-0.4, -0.2) is 5.78 Å². The lowest BCUT2D eigenvalue weighted by Crippen LogP contribution is -2.10. The van der Waals surface area contributed by atoms with Gasteiger partial charge in [0.1, 0.15) is 0 Å². The maximum absolute atomic E-state index is 14.3. The molecule has 3 heteroatoms. The van der Waals surface area contributed by atoms with Gasteiger partial charge < -0.3 is 0 Å². The molecule has 2 rings (SSSR count). The molecular formula is C27H32F2O. The van der Waals surface area contributed by atoms with Crippen LogP contribution in [0.5, 0.6) is 0 Å². The second-order valence-electron chi connectivity index (χ2n) is 8.11. The summed E-state index contributed by atoms with van der Waals surface area (Å²) in [7, 11) is 0. The van der Waals surface area contributed by atoms with Gasteiger partial charge in [0, 0.05) is 29.2 Å². The van der Waals surface area contributed by atoms with Gasteiger partial charge >= 0.3 is 0 Å². The van der Waals surface area contributed by atoms with Crippen LogP contribution in [-0.2, 0) is 12.3 Å². The quantitative estimate of drug-likeness (QED) is 0.308. The number of alkyl halides is 2. The fourth-order valence-corrected chi connectivity index (χ4v) is 3.70. The van der Waals surface area contributed by atoms with Crippen molar-refractivity contribution in [2.75, 3.05) is 0 Å². The van der Waals surface area contributed by atoms with Gasteiger partial charge in [-0.05, 0) is 55.5 Å². The lowest BCUT2D eigenvalue weighted by atomic mass is 9.92. The monoisotopic (exact) mass is 410 g/mol. The van der Waals surface area contributed by atoms with Gasteiger partial charge in [0.2, 0.25) is 0 Å². The van der Waals surface area contributed by atoms with Crippen LogP contribution in [0.15, 0.2) is 42.5 Å². The standard InChI is InChI=1S/C27H32F2O/c1-5-8-21(6-2)9-7-10-23-14-18-25(26(19-23)27(4,28)29)17-13-22-11-15-24(16-12-22)20(3)30/h11-12,14-16,18-19,21H,5-10H2,1-4H3. The van der Waals surface area contributed by atoms with E-state index in [9.17, 15) is 13.6 Å². The van der Waals surface area contributed by atoms with Gasteiger partial charge in [-0.15, -0.1) is 0 Å². The van der Waals surface area contributed by atoms with E-state index in [0.717, 1.165) is 37.7 Å². The lowest BCUT2D eigenvalue weighted by Gasteiger charge is -2.16. The summed E-state index contributed by atoms with van der Waals surface area (Å²) in [4.78, 5) is 11.4. The molecule has 0 aromatic heterocycles. The first-order valence-electron chi connectivity index (χ1n) is 10.9. The zero-order valence-corrected chi connectivity index (χ0v) is 18.5. The minimum Gasteiger partial charge on any atom is -0.295 e. The van der Waals surface area contributed by atoms with Gasteiger partial charge in [-0.1, -0.05) is 69.6 Å². The highest BCUT2D eigenvalue weighted by Gasteiger charge is 2.27. The molecule has 0 spiro atoms. The summed E-state index contributed by atoms with van der Waals surface area (Å²) in [5.41, 5.74) is 2.56. The summed E-state index contributed by atoms with van der Waals surface area (Å²) in [6, 6.07) is 12.1. The molecule has 0 aliphatic carbocycles. The average molecular weight is 411 g/mol. The number of carbonyl (C=O) groups is 1. The van der Waals surface area contributed by atoms with Crippen LogP contribution in [0, 0.1) is 17.8 Å². The van der Waals surface area contributed by atoms with E-state index in [1.165, 1.54) is 26.2 Å². The van der Waals surface area contributed by atoms with Crippen molar-refractivity contribution in [3.05, 3.63) is 70.3 Å². The van der Waals surface area contributed by atoms with Crippen LogP contribution < -0.4 is 0 Å². The molecule has 0 aliphatic heterocycles. The Morgan fingerprint density at radius 3 is 2.30 bits per heavy atom. The molecule has 1 atom stereocenters. The van der Waals surface area contributed by atoms with Crippen molar-refractivity contribution in [1.29, 1.82) is 0 Å². The first kappa shape index (κ1) is 23.8. The molecule has 2 aromatic carbocycles. The molecule has 0 heterocycles. The zero-order chi connectivity index (χ0) is 22.1. The van der Waals surface area contributed by atoms with Gasteiger partial charge in [0.15, 0.2) is 5.78 Å². The SMILES string of the molecule is CCCC(CC)CCCc1ccc(C#Cc2ccc(C(C)=O)cc2)c(C(C)(F)F)c1. The van der Waals surface area contributed by atoms with Crippen LogP contribution in [0.25, 0.3) is 0 Å². The van der Waals surface area contributed by atoms with Crippen molar-refractivity contribution < 1.29 is 13.6 Å². The van der Waals surface area contributed by atoms with Gasteiger partial charge in [0.05, 0.1) is 0 Å². The topological polar surface area (TPSA) is 17.1 Å². The number of rotatable bonds is 9. The highest BCUT2D eigenvalue weighted by atomic mass is 19.3. The average Bonchev–Trinajstić information content (AvgIpc) is 2.71. The Labute approximate surface area is 179 Å². The summed E-state index contributed by atoms with van der Waals surface area (Å²) in [6.45, 7) is 6.85. The number of benzene rings is 2. The summed E-state index contributed by atoms with van der Waals surface area (Å²) in [6.07, 6.45) is 6.56. The van der Waals surface area contributed by atoms with Gasteiger partial charge in [-0.3, -0.25) is 4.79 Å². The molecule has 0 bridgehead atoms. The van der Waals surface area contributed by atoms with Crippen LogP contribution in [0.4, 0.5) is 8.78 Å². The van der Waals surface area contributed by atoms with E-state index >= 15 is 0 Å². The minimum atomic E-state index is -2.95. The van der Waals surface area contributed by atoms with E-state index in [4.69, 9.17) is 0 Å². The normalized spacial score (nSPS) is 12.2. The van der Waals surface area contributed by atoms with Gasteiger partial charge in [-0.25, -0.2) is 8.78 Å². The van der Waals surface area contributed by atoms with Crippen molar-refractivity contribution in [2.45, 2.75) is 72.1 Å². The number of aryl methyl sites for hydroxylation is 1. The molecule has 1 unspecified atom stereocenters. The molecule has 160 valence electrons. The lowest BCUT2D eigenvalue weighted by molar-refractivity contribution is 0.0171. The van der Waals surface area contributed by atoms with Crippen LogP contribution >= 0.6 is 0 Å². The summed E-state index contributed by atoms with van der Waals surface area (Å²) >= 11 is 0. The van der Waals surface area contributed by atoms with Crippen molar-refractivity contribution in [3.8, 4) is 11.8 Å². The fourth-order valence-electron chi connectivity index (χ4n) is 3.70. The molecule has 0 fully saturated rings. The Morgan fingerprint density at radius 2 is 1.73 bits per heavy atom. The Bertz CT molecular complexity index is 895. The minimum absolute atomic E-state index is 0.0158. The largest absolute Gasteiger partial charge is 0.295 e. The highest BCUT2D eigenvalue weighted by molar-refractivity contribution is 5.94. The fraction of sp³-hybridized carbons (Fsp3) is 0.444. The van der Waals surface area contributed by atoms with Gasteiger partial charge in [-0.2, -0.15) is 0 Å². The first-order valence-corrected chi connectivity index (χ1v) is 10.9. The van der Waals surface area contributed by atoms with E-state index in [1.807, 2.05) is 6.07 Å². The van der Waals surface area contributed by atoms with E-state index < -0.39 is 5.92 Å². The van der Waals surface area contributed by atoms with Crippen LogP contribution in [0.2, 0.25) is 0 Å². The molecule has 0 saturated carbocycles. The van der Waals surface area contributed by atoms with Crippen LogP contribution in [0.3, 0.4) is 0 Å². The number of Topliss-reactive ketones (excluding diaryl/α,β-unsaturated/α-hetero) is 1. The Kier molecular flexibility index (Phi) is 8.78. The molecule has 0 amide bonds. The molecular weight excluding hydrogens is 378 g/mol.